The van der Waals surface area contributed by atoms with Crippen molar-refractivity contribution < 1.29 is 37.3 Å². The van der Waals surface area contributed by atoms with Crippen LogP contribution in [-0.4, -0.2) is 13.9 Å². The first-order valence-electron chi connectivity index (χ1n) is 6.32. The minimum atomic E-state index is -5.83. The number of halogens is 7. The van der Waals surface area contributed by atoms with Crippen molar-refractivity contribution in [2.24, 2.45) is 0 Å². The molecule has 3 nitrogen and oxygen atoms in total. The fourth-order valence-electron chi connectivity index (χ4n) is 1.25. The molecule has 0 amide bonds. The van der Waals surface area contributed by atoms with Crippen molar-refractivity contribution in [1.82, 2.24) is 0 Å². The number of benzene rings is 1. The summed E-state index contributed by atoms with van der Waals surface area (Å²) in [5.41, 5.74) is -6.00. The van der Waals surface area contributed by atoms with Crippen molar-refractivity contribution in [3.63, 3.8) is 0 Å². The molecule has 1 aromatic rings. The minimum absolute atomic E-state index is 0.00725. The van der Waals surface area contributed by atoms with Crippen molar-refractivity contribution in [3.05, 3.63) is 43.1 Å². The van der Waals surface area contributed by atoms with Crippen LogP contribution in [0.15, 0.2) is 33.9 Å². The van der Waals surface area contributed by atoms with E-state index in [4.69, 9.17) is 0 Å². The molecule has 0 heterocycles. The third-order valence-corrected chi connectivity index (χ3v) is 9.69. The van der Waals surface area contributed by atoms with Gasteiger partial charge < -0.3 is 0 Å². The second kappa shape index (κ2) is 7.60. The topological polar surface area (TPSA) is 43.4 Å². The van der Waals surface area contributed by atoms with Crippen LogP contribution < -0.4 is 0 Å². The first kappa shape index (κ1) is 21.2. The molecule has 0 atom stereocenters. The van der Waals surface area contributed by atoms with E-state index in [1.165, 1.54) is 4.08 Å². The predicted octanol–water partition coefficient (Wildman–Crippen LogP) is 5.48. The molecule has 0 bridgehead atoms. The summed E-state index contributed by atoms with van der Waals surface area (Å²) in [6.07, 6.45) is -4.17. The second-order valence-corrected chi connectivity index (χ2v) is 10.6. The quantitative estimate of drug-likeness (QED) is 0.312. The number of hydrogen-bond donors (Lipinski definition) is 0. The van der Waals surface area contributed by atoms with E-state index in [0.29, 0.717) is 24.1 Å². The van der Waals surface area contributed by atoms with Crippen LogP contribution in [0.5, 0.6) is 0 Å². The normalized spacial score (nSPS) is 14.7. The summed E-state index contributed by atoms with van der Waals surface area (Å²) in [7, 11) is -5.83. The van der Waals surface area contributed by atoms with Crippen LogP contribution in [0.4, 0.5) is 26.3 Å². The van der Waals surface area contributed by atoms with E-state index in [0.717, 1.165) is 12.1 Å². The third-order valence-electron chi connectivity index (χ3n) is 2.66. The molecule has 0 saturated heterocycles. The molecule has 138 valence electrons. The van der Waals surface area contributed by atoms with Gasteiger partial charge in [0.25, 0.3) is 0 Å². The van der Waals surface area contributed by atoms with Gasteiger partial charge in [0.1, 0.15) is 0 Å². The Kier molecular flexibility index (Phi) is 6.72. The van der Waals surface area contributed by atoms with E-state index in [1.54, 1.807) is 13.8 Å². The Morgan fingerprint density at radius 3 is 2.00 bits per heavy atom. The standard InChI is InChI=1S/C13H13F6IO3S/c1-3-9(2)8-20(23-24(21,22)13(17,18)19)11-6-4-10(5-7-11)12(14,15)16/h4-8H,3H2,1-2H3/b9-8-. The van der Waals surface area contributed by atoms with Gasteiger partial charge in [-0.15, -0.1) is 0 Å². The van der Waals surface area contributed by atoms with E-state index in [-0.39, 0.29) is 3.57 Å². The molecule has 1 rings (SSSR count). The number of allylic oxidation sites excluding steroid dienone is 1. The van der Waals surface area contributed by atoms with E-state index in [9.17, 15) is 34.8 Å². The molecule has 0 aliphatic heterocycles. The van der Waals surface area contributed by atoms with Gasteiger partial charge in [0, 0.05) is 0 Å². The molecule has 0 radical (unpaired) electrons. The first-order valence-corrected chi connectivity index (χ1v) is 10.9. The number of hydrogen-bond acceptors (Lipinski definition) is 3. The maximum atomic E-state index is 12.5. The van der Waals surface area contributed by atoms with Crippen LogP contribution in [0.25, 0.3) is 0 Å². The van der Waals surface area contributed by atoms with Crippen LogP contribution >= 0.6 is 20.2 Å². The van der Waals surface area contributed by atoms with E-state index < -0.39 is 47.6 Å². The van der Waals surface area contributed by atoms with Crippen LogP contribution in [0.1, 0.15) is 25.8 Å². The molecular weight excluding hydrogens is 477 g/mol. The zero-order chi connectivity index (χ0) is 18.8. The molecular formula is C13H13F6IO3S. The van der Waals surface area contributed by atoms with Crippen molar-refractivity contribution >= 4 is 30.4 Å². The van der Waals surface area contributed by atoms with Gasteiger partial charge in [-0.3, -0.25) is 0 Å². The van der Waals surface area contributed by atoms with Gasteiger partial charge in [-0.05, 0) is 0 Å². The average Bonchev–Trinajstić information content (AvgIpc) is 2.44. The summed E-state index contributed by atoms with van der Waals surface area (Å²) in [4.78, 5) is 0. The second-order valence-electron chi connectivity index (χ2n) is 4.55. The average molecular weight is 490 g/mol. The Morgan fingerprint density at radius 1 is 1.12 bits per heavy atom. The van der Waals surface area contributed by atoms with Crippen LogP contribution in [0.2, 0.25) is 0 Å². The van der Waals surface area contributed by atoms with Crippen molar-refractivity contribution in [1.29, 1.82) is 0 Å². The summed E-state index contributed by atoms with van der Waals surface area (Å²) >= 11 is -3.51. The van der Waals surface area contributed by atoms with Gasteiger partial charge in [0.15, 0.2) is 0 Å². The molecule has 0 unspecified atom stereocenters. The fraction of sp³-hybridized carbons (Fsp3) is 0.385. The van der Waals surface area contributed by atoms with Gasteiger partial charge in [-0.25, -0.2) is 0 Å². The summed E-state index contributed by atoms with van der Waals surface area (Å²) in [6, 6.07) is 3.25. The summed E-state index contributed by atoms with van der Waals surface area (Å²) in [6.45, 7) is 3.27. The molecule has 24 heavy (non-hydrogen) atoms. The van der Waals surface area contributed by atoms with Gasteiger partial charge in [0.05, 0.1) is 0 Å². The zero-order valence-electron chi connectivity index (χ0n) is 12.4. The molecule has 0 aliphatic rings. The van der Waals surface area contributed by atoms with Crippen LogP contribution in [0.3, 0.4) is 0 Å². The van der Waals surface area contributed by atoms with Crippen LogP contribution in [0, 0.1) is 3.57 Å². The molecule has 0 aliphatic carbocycles. The van der Waals surface area contributed by atoms with E-state index in [1.807, 2.05) is 0 Å². The Hall–Kier alpha value is -0.820. The van der Waals surface area contributed by atoms with Crippen LogP contribution in [-0.2, 0) is 18.8 Å². The Bertz CT molecular complexity index is 692. The van der Waals surface area contributed by atoms with E-state index in [2.05, 4.69) is 2.51 Å². The van der Waals surface area contributed by atoms with Gasteiger partial charge >= 0.3 is 143 Å². The van der Waals surface area contributed by atoms with Gasteiger partial charge in [0.2, 0.25) is 0 Å². The SMILES string of the molecule is CC/C(C)=C\I(OS(=O)(=O)C(F)(F)F)c1ccc(C(F)(F)F)cc1. The number of rotatable bonds is 5. The maximum absolute atomic E-state index is 12.5. The Balaban J connectivity index is 3.25. The van der Waals surface area contributed by atoms with Gasteiger partial charge in [-0.2, -0.15) is 0 Å². The van der Waals surface area contributed by atoms with Crippen molar-refractivity contribution in [3.8, 4) is 0 Å². The van der Waals surface area contributed by atoms with Crippen molar-refractivity contribution in [2.45, 2.75) is 32.0 Å². The number of alkyl halides is 6. The molecule has 0 N–H and O–H groups in total. The molecule has 11 heteroatoms. The van der Waals surface area contributed by atoms with Crippen molar-refractivity contribution in [2.75, 3.05) is 0 Å². The zero-order valence-corrected chi connectivity index (χ0v) is 15.3. The molecule has 0 fully saturated rings. The Morgan fingerprint density at radius 2 is 1.62 bits per heavy atom. The van der Waals surface area contributed by atoms with E-state index >= 15 is 0 Å². The Labute approximate surface area is 142 Å². The molecule has 0 spiro atoms. The first-order chi connectivity index (χ1) is 10.8. The van der Waals surface area contributed by atoms with Gasteiger partial charge in [-0.1, -0.05) is 0 Å². The monoisotopic (exact) mass is 490 g/mol. The molecule has 0 saturated carbocycles. The summed E-state index contributed by atoms with van der Waals surface area (Å²) < 4.78 is 103. The fourth-order valence-corrected chi connectivity index (χ4v) is 7.52. The summed E-state index contributed by atoms with van der Waals surface area (Å²) in [5, 5.41) is 0. The predicted molar refractivity (Wildman–Crippen MR) is 84.3 cm³/mol. The third kappa shape index (κ3) is 5.62. The molecule has 0 aromatic heterocycles. The molecule has 1 aromatic carbocycles. The summed E-state index contributed by atoms with van der Waals surface area (Å²) in [5.74, 6) is 0.